The third kappa shape index (κ3) is 2.84. The second-order valence-electron chi connectivity index (χ2n) is 4.95. The predicted molar refractivity (Wildman–Crippen MR) is 75.2 cm³/mol. The normalized spacial score (nSPS) is 18.6. The van der Waals surface area contributed by atoms with Crippen LogP contribution in [0, 0.1) is 5.92 Å². The minimum atomic E-state index is -0.356. The molecule has 1 aliphatic heterocycles. The summed E-state index contributed by atoms with van der Waals surface area (Å²) in [7, 11) is 1.54. The number of methoxy groups -OCH3 is 1. The van der Waals surface area contributed by atoms with Gasteiger partial charge in [0, 0.05) is 24.8 Å². The zero-order valence-corrected chi connectivity index (χ0v) is 11.5. The van der Waals surface area contributed by atoms with Gasteiger partial charge in [0.15, 0.2) is 0 Å². The Morgan fingerprint density at radius 1 is 1.40 bits per heavy atom. The number of piperidine rings is 1. The number of nitrogens with two attached hydrogens (primary N) is 2. The minimum Gasteiger partial charge on any atom is -0.497 e. The molecule has 1 aromatic carbocycles. The van der Waals surface area contributed by atoms with Gasteiger partial charge in [-0.1, -0.05) is 0 Å². The highest BCUT2D eigenvalue weighted by Crippen LogP contribution is 2.23. The Morgan fingerprint density at radius 2 is 2.15 bits per heavy atom. The molecule has 108 valence electrons. The number of rotatable bonds is 3. The summed E-state index contributed by atoms with van der Waals surface area (Å²) >= 11 is 0. The molecule has 20 heavy (non-hydrogen) atoms. The third-order valence-electron chi connectivity index (χ3n) is 3.60. The molecule has 6 nitrogen and oxygen atoms in total. The molecule has 0 aliphatic carbocycles. The van der Waals surface area contributed by atoms with Crippen molar-refractivity contribution in [1.82, 2.24) is 4.90 Å². The van der Waals surface area contributed by atoms with Crippen molar-refractivity contribution in [3.05, 3.63) is 23.8 Å². The van der Waals surface area contributed by atoms with Crippen LogP contribution in [0.5, 0.6) is 5.75 Å². The number of hydrogen-bond acceptors (Lipinski definition) is 4. The van der Waals surface area contributed by atoms with E-state index >= 15 is 0 Å². The number of benzene rings is 1. The van der Waals surface area contributed by atoms with Gasteiger partial charge in [-0.05, 0) is 25.0 Å². The van der Waals surface area contributed by atoms with Gasteiger partial charge in [0.1, 0.15) is 5.75 Å². The fraction of sp³-hybridized carbons (Fsp3) is 0.429. The SMILES string of the molecule is COc1ccc(C(=O)N2CCCC(C(N)=O)C2)c(N)c1. The fourth-order valence-electron chi connectivity index (χ4n) is 2.43. The van der Waals surface area contributed by atoms with E-state index in [1.54, 1.807) is 30.2 Å². The molecule has 1 fully saturated rings. The van der Waals surface area contributed by atoms with Crippen LogP contribution in [0.15, 0.2) is 18.2 Å². The zero-order chi connectivity index (χ0) is 14.7. The number of amides is 2. The van der Waals surface area contributed by atoms with E-state index < -0.39 is 0 Å². The van der Waals surface area contributed by atoms with Gasteiger partial charge >= 0.3 is 0 Å². The molecule has 1 heterocycles. The molecular formula is C14H19N3O3. The minimum absolute atomic E-state index is 0.170. The number of likely N-dealkylation sites (tertiary alicyclic amines) is 1. The molecule has 2 rings (SSSR count). The fourth-order valence-corrected chi connectivity index (χ4v) is 2.43. The highest BCUT2D eigenvalue weighted by molar-refractivity contribution is 5.99. The van der Waals surface area contributed by atoms with Crippen molar-refractivity contribution >= 4 is 17.5 Å². The molecule has 0 saturated carbocycles. The van der Waals surface area contributed by atoms with Gasteiger partial charge in [-0.3, -0.25) is 9.59 Å². The monoisotopic (exact) mass is 277 g/mol. The van der Waals surface area contributed by atoms with Crippen LogP contribution in [0.1, 0.15) is 23.2 Å². The first kappa shape index (κ1) is 14.2. The highest BCUT2D eigenvalue weighted by Gasteiger charge is 2.28. The Morgan fingerprint density at radius 3 is 2.75 bits per heavy atom. The maximum absolute atomic E-state index is 12.4. The average Bonchev–Trinajstić information content (AvgIpc) is 2.46. The van der Waals surface area contributed by atoms with Crippen LogP contribution in [-0.4, -0.2) is 36.9 Å². The summed E-state index contributed by atoms with van der Waals surface area (Å²) in [5.74, 6) is -0.193. The molecule has 2 amide bonds. The molecule has 4 N–H and O–H groups in total. The zero-order valence-electron chi connectivity index (χ0n) is 11.5. The predicted octanol–water partition coefficient (Wildman–Crippen LogP) is 0.615. The van der Waals surface area contributed by atoms with E-state index in [9.17, 15) is 9.59 Å². The lowest BCUT2D eigenvalue weighted by Crippen LogP contribution is -2.44. The van der Waals surface area contributed by atoms with Gasteiger partial charge in [0.05, 0.1) is 18.6 Å². The molecule has 6 heteroatoms. The van der Waals surface area contributed by atoms with Crippen molar-refractivity contribution in [3.63, 3.8) is 0 Å². The lowest BCUT2D eigenvalue weighted by atomic mass is 9.96. The van der Waals surface area contributed by atoms with Crippen LogP contribution in [0.3, 0.4) is 0 Å². The lowest BCUT2D eigenvalue weighted by molar-refractivity contribution is -0.123. The Bertz CT molecular complexity index is 530. The van der Waals surface area contributed by atoms with E-state index in [1.807, 2.05) is 0 Å². The second kappa shape index (κ2) is 5.81. The van der Waals surface area contributed by atoms with Crippen LogP contribution >= 0.6 is 0 Å². The molecule has 1 unspecified atom stereocenters. The summed E-state index contributed by atoms with van der Waals surface area (Å²) in [6, 6.07) is 4.95. The Kier molecular flexibility index (Phi) is 4.12. The summed E-state index contributed by atoms with van der Waals surface area (Å²) < 4.78 is 5.06. The van der Waals surface area contributed by atoms with Crippen LogP contribution in [-0.2, 0) is 4.79 Å². The third-order valence-corrected chi connectivity index (χ3v) is 3.60. The number of nitrogen functional groups attached to an aromatic ring is 1. The van der Waals surface area contributed by atoms with Crippen LogP contribution < -0.4 is 16.2 Å². The maximum atomic E-state index is 12.4. The van der Waals surface area contributed by atoms with Crippen LogP contribution in [0.2, 0.25) is 0 Å². The van der Waals surface area contributed by atoms with Gasteiger partial charge < -0.3 is 21.1 Å². The number of primary amides is 1. The smallest absolute Gasteiger partial charge is 0.255 e. The summed E-state index contributed by atoms with van der Waals surface area (Å²) in [6.07, 6.45) is 1.51. The largest absolute Gasteiger partial charge is 0.497 e. The van der Waals surface area contributed by atoms with E-state index in [2.05, 4.69) is 0 Å². The van der Waals surface area contributed by atoms with E-state index in [1.165, 1.54) is 0 Å². The van der Waals surface area contributed by atoms with Gasteiger partial charge in [-0.25, -0.2) is 0 Å². The first-order valence-electron chi connectivity index (χ1n) is 6.55. The molecule has 1 aromatic rings. The standard InChI is InChI=1S/C14H19N3O3/c1-20-10-4-5-11(12(15)7-10)14(19)17-6-2-3-9(8-17)13(16)18/h4-5,7,9H,2-3,6,8,15H2,1H3,(H2,16,18). The van der Waals surface area contributed by atoms with E-state index in [4.69, 9.17) is 16.2 Å². The summed E-state index contributed by atoms with van der Waals surface area (Å²) in [5.41, 5.74) is 12.0. The van der Waals surface area contributed by atoms with E-state index in [0.717, 1.165) is 12.8 Å². The summed E-state index contributed by atoms with van der Waals surface area (Å²) in [6.45, 7) is 0.980. The highest BCUT2D eigenvalue weighted by atomic mass is 16.5. The van der Waals surface area contributed by atoms with Crippen molar-refractivity contribution in [3.8, 4) is 5.75 Å². The van der Waals surface area contributed by atoms with Crippen molar-refractivity contribution in [2.75, 3.05) is 25.9 Å². The first-order valence-corrected chi connectivity index (χ1v) is 6.55. The van der Waals surface area contributed by atoms with Crippen molar-refractivity contribution in [2.45, 2.75) is 12.8 Å². The van der Waals surface area contributed by atoms with Gasteiger partial charge in [-0.15, -0.1) is 0 Å². The van der Waals surface area contributed by atoms with Gasteiger partial charge in [-0.2, -0.15) is 0 Å². The second-order valence-corrected chi connectivity index (χ2v) is 4.95. The quantitative estimate of drug-likeness (QED) is 0.791. The molecule has 0 aromatic heterocycles. The summed E-state index contributed by atoms with van der Waals surface area (Å²) in [5, 5.41) is 0. The molecular weight excluding hydrogens is 258 g/mol. The maximum Gasteiger partial charge on any atom is 0.255 e. The Hall–Kier alpha value is -2.24. The van der Waals surface area contributed by atoms with Gasteiger partial charge in [0.25, 0.3) is 5.91 Å². The number of carbonyl (C=O) groups is 2. The topological polar surface area (TPSA) is 98.6 Å². The molecule has 1 atom stereocenters. The Labute approximate surface area is 117 Å². The van der Waals surface area contributed by atoms with Crippen LogP contribution in [0.25, 0.3) is 0 Å². The molecule has 1 aliphatic rings. The molecule has 1 saturated heterocycles. The number of hydrogen-bond donors (Lipinski definition) is 2. The number of ether oxygens (including phenoxy) is 1. The number of nitrogens with zero attached hydrogens (tertiary/aromatic N) is 1. The Balaban J connectivity index is 2.16. The summed E-state index contributed by atoms with van der Waals surface area (Å²) in [4.78, 5) is 25.3. The number of anilines is 1. The molecule has 0 bridgehead atoms. The number of carbonyl (C=O) groups excluding carboxylic acids is 2. The van der Waals surface area contributed by atoms with Gasteiger partial charge in [0.2, 0.25) is 5.91 Å². The lowest BCUT2D eigenvalue weighted by Gasteiger charge is -2.31. The van der Waals surface area contributed by atoms with E-state index in [0.29, 0.717) is 30.1 Å². The average molecular weight is 277 g/mol. The molecule has 0 radical (unpaired) electrons. The van der Waals surface area contributed by atoms with E-state index in [-0.39, 0.29) is 17.7 Å². The van der Waals surface area contributed by atoms with Crippen LogP contribution in [0.4, 0.5) is 5.69 Å². The van der Waals surface area contributed by atoms with Crippen molar-refractivity contribution in [1.29, 1.82) is 0 Å². The van der Waals surface area contributed by atoms with Crippen molar-refractivity contribution < 1.29 is 14.3 Å². The van der Waals surface area contributed by atoms with Crippen molar-refractivity contribution in [2.24, 2.45) is 11.7 Å². The first-order chi connectivity index (χ1) is 9.52. The molecule has 0 spiro atoms.